The smallest absolute Gasteiger partial charge is 0.325 e. The van der Waals surface area contributed by atoms with Crippen molar-refractivity contribution in [2.75, 3.05) is 46.5 Å². The van der Waals surface area contributed by atoms with Gasteiger partial charge < -0.3 is 19.7 Å². The van der Waals surface area contributed by atoms with Crippen molar-refractivity contribution in [1.29, 1.82) is 0 Å². The summed E-state index contributed by atoms with van der Waals surface area (Å²) in [4.78, 5) is 36.2. The first-order chi connectivity index (χ1) is 9.58. The van der Waals surface area contributed by atoms with E-state index in [1.807, 2.05) is 0 Å². The van der Waals surface area contributed by atoms with Crippen molar-refractivity contribution in [3.8, 4) is 0 Å². The molecule has 8 heteroatoms. The maximum absolute atomic E-state index is 12.3. The maximum atomic E-state index is 12.3. The molecule has 1 aliphatic rings. The molecule has 1 rings (SSSR count). The van der Waals surface area contributed by atoms with Crippen molar-refractivity contribution in [3.05, 3.63) is 0 Å². The zero-order valence-corrected chi connectivity index (χ0v) is 11.8. The highest BCUT2D eigenvalue weighted by molar-refractivity contribution is 5.88. The Morgan fingerprint density at radius 2 is 2.20 bits per heavy atom. The van der Waals surface area contributed by atoms with Crippen LogP contribution in [0.25, 0.3) is 0 Å². The normalized spacial score (nSPS) is 18.3. The molecule has 0 aromatic rings. The average Bonchev–Trinajstić information content (AvgIpc) is 2.44. The monoisotopic (exact) mass is 287 g/mol. The Kier molecular flexibility index (Phi) is 6.96. The van der Waals surface area contributed by atoms with Gasteiger partial charge in [-0.05, 0) is 6.92 Å². The van der Waals surface area contributed by atoms with E-state index in [1.165, 1.54) is 12.0 Å². The molecule has 0 spiro atoms. The largest absolute Gasteiger partial charge is 0.465 e. The van der Waals surface area contributed by atoms with Crippen LogP contribution in [0.15, 0.2) is 0 Å². The minimum absolute atomic E-state index is 0.0912. The Morgan fingerprint density at radius 1 is 1.45 bits per heavy atom. The van der Waals surface area contributed by atoms with Crippen LogP contribution in [0.3, 0.4) is 0 Å². The molecular formula is C12H21N3O5. The fraction of sp³-hybridized carbons (Fsp3) is 0.750. The van der Waals surface area contributed by atoms with E-state index in [4.69, 9.17) is 9.47 Å². The summed E-state index contributed by atoms with van der Waals surface area (Å²) in [6.07, 6.45) is 0. The molecule has 1 aliphatic heterocycles. The third-order valence-electron chi connectivity index (χ3n) is 2.81. The number of ether oxygens (including phenoxy) is 2. The number of methoxy groups -OCH3 is 1. The molecule has 8 nitrogen and oxygen atoms in total. The summed E-state index contributed by atoms with van der Waals surface area (Å²) < 4.78 is 9.78. The van der Waals surface area contributed by atoms with Gasteiger partial charge >= 0.3 is 5.97 Å². The molecule has 20 heavy (non-hydrogen) atoms. The minimum atomic E-state index is -0.529. The first-order valence-corrected chi connectivity index (χ1v) is 6.52. The highest BCUT2D eigenvalue weighted by atomic mass is 16.5. The van der Waals surface area contributed by atoms with Crippen LogP contribution < -0.4 is 10.6 Å². The SMILES string of the molecule is CCOC(=O)CN(CCOC)C(=O)C1CNC(=O)CN1. The van der Waals surface area contributed by atoms with E-state index in [2.05, 4.69) is 10.6 Å². The number of amides is 2. The lowest BCUT2D eigenvalue weighted by atomic mass is 10.2. The summed E-state index contributed by atoms with van der Waals surface area (Å²) in [7, 11) is 1.52. The molecule has 2 amide bonds. The number of esters is 1. The van der Waals surface area contributed by atoms with E-state index >= 15 is 0 Å². The minimum Gasteiger partial charge on any atom is -0.465 e. The van der Waals surface area contributed by atoms with E-state index in [9.17, 15) is 14.4 Å². The number of carbonyl (C=O) groups is 3. The van der Waals surface area contributed by atoms with Crippen molar-refractivity contribution in [2.45, 2.75) is 13.0 Å². The van der Waals surface area contributed by atoms with Crippen LogP contribution in [0.4, 0.5) is 0 Å². The molecule has 2 N–H and O–H groups in total. The summed E-state index contributed by atoms with van der Waals surface area (Å²) in [5.41, 5.74) is 0. The second kappa shape index (κ2) is 8.49. The Morgan fingerprint density at radius 3 is 2.75 bits per heavy atom. The third-order valence-corrected chi connectivity index (χ3v) is 2.81. The summed E-state index contributed by atoms with van der Waals surface area (Å²) in [6.45, 7) is 2.77. The van der Waals surface area contributed by atoms with Crippen molar-refractivity contribution >= 4 is 17.8 Å². The molecule has 0 aromatic carbocycles. The Labute approximate surface area is 117 Å². The number of hydrogen-bond donors (Lipinski definition) is 2. The number of nitrogens with one attached hydrogen (secondary N) is 2. The van der Waals surface area contributed by atoms with Gasteiger partial charge in [0.2, 0.25) is 11.8 Å². The Balaban J connectivity index is 2.58. The molecule has 0 saturated carbocycles. The fourth-order valence-corrected chi connectivity index (χ4v) is 1.79. The van der Waals surface area contributed by atoms with E-state index in [1.54, 1.807) is 6.92 Å². The fourth-order valence-electron chi connectivity index (χ4n) is 1.79. The molecular weight excluding hydrogens is 266 g/mol. The number of hydrogen-bond acceptors (Lipinski definition) is 6. The molecule has 1 fully saturated rings. The number of nitrogens with zero attached hydrogens (tertiary/aromatic N) is 1. The van der Waals surface area contributed by atoms with Crippen LogP contribution in [0.1, 0.15) is 6.92 Å². The molecule has 1 unspecified atom stereocenters. The predicted octanol–water partition coefficient (Wildman–Crippen LogP) is -1.89. The summed E-state index contributed by atoms with van der Waals surface area (Å²) in [6, 6.07) is -0.529. The van der Waals surface area contributed by atoms with Crippen LogP contribution >= 0.6 is 0 Å². The van der Waals surface area contributed by atoms with Crippen LogP contribution in [0.5, 0.6) is 0 Å². The number of rotatable bonds is 7. The topological polar surface area (TPSA) is 97.0 Å². The lowest BCUT2D eigenvalue weighted by molar-refractivity contribution is -0.150. The van der Waals surface area contributed by atoms with Crippen LogP contribution in [0, 0.1) is 0 Å². The van der Waals surface area contributed by atoms with Gasteiger partial charge in [0.15, 0.2) is 0 Å². The summed E-state index contributed by atoms with van der Waals surface area (Å²) in [5, 5.41) is 5.44. The van der Waals surface area contributed by atoms with Gasteiger partial charge in [-0.2, -0.15) is 0 Å². The van der Waals surface area contributed by atoms with Crippen LogP contribution in [-0.4, -0.2) is 75.2 Å². The van der Waals surface area contributed by atoms with Crippen molar-refractivity contribution in [2.24, 2.45) is 0 Å². The molecule has 0 radical (unpaired) electrons. The number of piperazine rings is 1. The lowest BCUT2D eigenvalue weighted by Crippen LogP contribution is -2.59. The maximum Gasteiger partial charge on any atom is 0.325 e. The van der Waals surface area contributed by atoms with Crippen molar-refractivity contribution in [3.63, 3.8) is 0 Å². The van der Waals surface area contributed by atoms with Gasteiger partial charge in [0.1, 0.15) is 12.6 Å². The Bertz CT molecular complexity index is 351. The van der Waals surface area contributed by atoms with Gasteiger partial charge in [-0.1, -0.05) is 0 Å². The summed E-state index contributed by atoms with van der Waals surface area (Å²) >= 11 is 0. The van der Waals surface area contributed by atoms with Gasteiger partial charge in [0, 0.05) is 20.2 Å². The van der Waals surface area contributed by atoms with Crippen LogP contribution in [-0.2, 0) is 23.9 Å². The average molecular weight is 287 g/mol. The van der Waals surface area contributed by atoms with Crippen molar-refractivity contribution < 1.29 is 23.9 Å². The van der Waals surface area contributed by atoms with Gasteiger partial charge in [-0.25, -0.2) is 0 Å². The first-order valence-electron chi connectivity index (χ1n) is 6.52. The molecule has 1 heterocycles. The molecule has 0 bridgehead atoms. The van der Waals surface area contributed by atoms with Crippen molar-refractivity contribution in [1.82, 2.24) is 15.5 Å². The second-order valence-electron chi connectivity index (χ2n) is 4.30. The summed E-state index contributed by atoms with van der Waals surface area (Å²) in [5.74, 6) is -0.866. The van der Waals surface area contributed by atoms with E-state index in [0.717, 1.165) is 0 Å². The Hall–Kier alpha value is -1.67. The van der Waals surface area contributed by atoms with E-state index in [-0.39, 0.29) is 38.1 Å². The molecule has 1 saturated heterocycles. The molecule has 114 valence electrons. The van der Waals surface area contributed by atoms with Gasteiger partial charge in [0.25, 0.3) is 0 Å². The van der Waals surface area contributed by atoms with Gasteiger partial charge in [-0.3, -0.25) is 19.7 Å². The second-order valence-corrected chi connectivity index (χ2v) is 4.30. The number of carbonyl (C=O) groups excluding carboxylic acids is 3. The predicted molar refractivity (Wildman–Crippen MR) is 69.9 cm³/mol. The third kappa shape index (κ3) is 5.14. The zero-order chi connectivity index (χ0) is 15.0. The lowest BCUT2D eigenvalue weighted by Gasteiger charge is -2.29. The van der Waals surface area contributed by atoms with Crippen LogP contribution in [0.2, 0.25) is 0 Å². The quantitative estimate of drug-likeness (QED) is 0.532. The molecule has 0 aliphatic carbocycles. The molecule has 1 atom stereocenters. The highest BCUT2D eigenvalue weighted by Crippen LogP contribution is 1.99. The standard InChI is InChI=1S/C12H21N3O5/c1-3-20-11(17)8-15(4-5-19-2)12(18)9-6-14-10(16)7-13-9/h9,13H,3-8H2,1-2H3,(H,14,16). The van der Waals surface area contributed by atoms with E-state index < -0.39 is 12.0 Å². The first kappa shape index (κ1) is 16.4. The zero-order valence-electron chi connectivity index (χ0n) is 11.8. The van der Waals surface area contributed by atoms with E-state index in [0.29, 0.717) is 13.2 Å². The molecule has 0 aromatic heterocycles. The van der Waals surface area contributed by atoms with Gasteiger partial charge in [-0.15, -0.1) is 0 Å². The highest BCUT2D eigenvalue weighted by Gasteiger charge is 2.29. The van der Waals surface area contributed by atoms with Gasteiger partial charge in [0.05, 0.1) is 19.8 Å².